The van der Waals surface area contributed by atoms with Crippen molar-refractivity contribution in [2.75, 3.05) is 39.0 Å². The summed E-state index contributed by atoms with van der Waals surface area (Å²) in [5, 5.41) is 2.95. The van der Waals surface area contributed by atoms with Gasteiger partial charge in [0.15, 0.2) is 9.84 Å². The molecule has 0 aromatic rings. The normalized spacial score (nSPS) is 19.6. The molecule has 1 N–H and O–H groups in total. The van der Waals surface area contributed by atoms with Gasteiger partial charge in [-0.15, -0.1) is 0 Å². The third-order valence-corrected chi connectivity index (χ3v) is 6.11. The first kappa shape index (κ1) is 15.9. The Balaban J connectivity index is 2.24. The molecular formula is C13H28N2O2S. The van der Waals surface area contributed by atoms with Gasteiger partial charge >= 0.3 is 0 Å². The van der Waals surface area contributed by atoms with Crippen LogP contribution in [0.15, 0.2) is 0 Å². The number of hydrogen-bond donors (Lipinski definition) is 1. The van der Waals surface area contributed by atoms with Gasteiger partial charge in [-0.2, -0.15) is 0 Å². The van der Waals surface area contributed by atoms with Crippen molar-refractivity contribution >= 4 is 9.84 Å². The molecule has 1 aliphatic rings. The highest BCUT2D eigenvalue weighted by Crippen LogP contribution is 2.19. The van der Waals surface area contributed by atoms with Crippen LogP contribution in [-0.2, 0) is 9.84 Å². The highest BCUT2D eigenvalue weighted by molar-refractivity contribution is 7.92. The van der Waals surface area contributed by atoms with E-state index in [9.17, 15) is 8.42 Å². The number of sulfone groups is 1. The zero-order valence-electron chi connectivity index (χ0n) is 12.0. The van der Waals surface area contributed by atoms with E-state index in [1.807, 2.05) is 7.05 Å². The fraction of sp³-hybridized carbons (Fsp3) is 1.00. The van der Waals surface area contributed by atoms with Crippen molar-refractivity contribution in [1.82, 2.24) is 10.2 Å². The van der Waals surface area contributed by atoms with Crippen molar-refractivity contribution in [3.05, 3.63) is 0 Å². The molecule has 1 heterocycles. The van der Waals surface area contributed by atoms with Crippen LogP contribution in [0.4, 0.5) is 0 Å². The van der Waals surface area contributed by atoms with Gasteiger partial charge in [-0.1, -0.05) is 0 Å². The van der Waals surface area contributed by atoms with Crippen LogP contribution in [0.25, 0.3) is 0 Å². The van der Waals surface area contributed by atoms with Crippen molar-refractivity contribution in [1.29, 1.82) is 0 Å². The molecule has 18 heavy (non-hydrogen) atoms. The van der Waals surface area contributed by atoms with Gasteiger partial charge < -0.3 is 10.2 Å². The summed E-state index contributed by atoms with van der Waals surface area (Å²) in [6, 6.07) is 0. The van der Waals surface area contributed by atoms with Crippen LogP contribution in [-0.4, -0.2) is 57.5 Å². The van der Waals surface area contributed by atoms with Crippen molar-refractivity contribution in [2.24, 2.45) is 5.92 Å². The monoisotopic (exact) mass is 276 g/mol. The third-order valence-electron chi connectivity index (χ3n) is 3.92. The predicted molar refractivity (Wildman–Crippen MR) is 76.6 cm³/mol. The molecule has 0 spiro atoms. The largest absolute Gasteiger partial charge is 0.320 e. The van der Waals surface area contributed by atoms with Gasteiger partial charge in [0.25, 0.3) is 0 Å². The summed E-state index contributed by atoms with van der Waals surface area (Å²) in [5.41, 5.74) is 0. The Hall–Kier alpha value is -0.130. The van der Waals surface area contributed by atoms with Crippen LogP contribution < -0.4 is 5.32 Å². The van der Waals surface area contributed by atoms with Gasteiger partial charge in [-0.3, -0.25) is 0 Å². The smallest absolute Gasteiger partial charge is 0.153 e. The number of rotatable bonds is 7. The molecule has 0 saturated carbocycles. The molecule has 0 aromatic carbocycles. The summed E-state index contributed by atoms with van der Waals surface area (Å²) in [5.74, 6) is 1.13. The number of piperidine rings is 1. The minimum absolute atomic E-state index is 0.245. The lowest BCUT2D eigenvalue weighted by molar-refractivity contribution is 0.187. The van der Waals surface area contributed by atoms with Gasteiger partial charge in [0.05, 0.1) is 11.0 Å². The minimum Gasteiger partial charge on any atom is -0.320 e. The van der Waals surface area contributed by atoms with E-state index in [0.717, 1.165) is 25.6 Å². The highest BCUT2D eigenvalue weighted by Gasteiger charge is 2.21. The van der Waals surface area contributed by atoms with Gasteiger partial charge in [0.2, 0.25) is 0 Å². The molecule has 0 bridgehead atoms. The maximum atomic E-state index is 11.7. The fourth-order valence-electron chi connectivity index (χ4n) is 2.34. The second-order valence-corrected chi connectivity index (χ2v) is 8.27. The summed E-state index contributed by atoms with van der Waals surface area (Å²) in [6.07, 6.45) is 3.67. The van der Waals surface area contributed by atoms with E-state index in [2.05, 4.69) is 10.2 Å². The number of likely N-dealkylation sites (tertiary alicyclic amines) is 1. The molecule has 0 amide bonds. The van der Waals surface area contributed by atoms with Crippen LogP contribution >= 0.6 is 0 Å². The molecule has 1 aliphatic heterocycles. The highest BCUT2D eigenvalue weighted by atomic mass is 32.2. The van der Waals surface area contributed by atoms with E-state index in [1.165, 1.54) is 19.3 Å². The SMILES string of the molecule is CNCCC1CCN(CCS(=O)(=O)C(C)C)CC1. The van der Waals surface area contributed by atoms with E-state index in [-0.39, 0.29) is 5.25 Å². The first-order valence-corrected chi connectivity index (χ1v) is 8.75. The Morgan fingerprint density at radius 1 is 1.28 bits per heavy atom. The summed E-state index contributed by atoms with van der Waals surface area (Å²) in [4.78, 5) is 2.30. The van der Waals surface area contributed by atoms with Crippen molar-refractivity contribution < 1.29 is 8.42 Å². The standard InChI is InChI=1S/C13H28N2O2S/c1-12(2)18(16,17)11-10-15-8-5-13(6-9-15)4-7-14-3/h12-14H,4-11H2,1-3H3. The van der Waals surface area contributed by atoms with Gasteiger partial charge in [0, 0.05) is 6.54 Å². The third kappa shape index (κ3) is 5.24. The maximum Gasteiger partial charge on any atom is 0.153 e. The maximum absolute atomic E-state index is 11.7. The molecular weight excluding hydrogens is 248 g/mol. The van der Waals surface area contributed by atoms with Crippen molar-refractivity contribution in [3.63, 3.8) is 0 Å². The zero-order valence-corrected chi connectivity index (χ0v) is 12.8. The van der Waals surface area contributed by atoms with Crippen LogP contribution in [0.5, 0.6) is 0 Å². The van der Waals surface area contributed by atoms with Gasteiger partial charge in [0.1, 0.15) is 0 Å². The quantitative estimate of drug-likeness (QED) is 0.757. The van der Waals surface area contributed by atoms with Gasteiger partial charge in [-0.05, 0) is 65.7 Å². The average Bonchev–Trinajstić information content (AvgIpc) is 2.35. The van der Waals surface area contributed by atoms with E-state index >= 15 is 0 Å². The molecule has 5 heteroatoms. The topological polar surface area (TPSA) is 49.4 Å². The van der Waals surface area contributed by atoms with E-state index in [0.29, 0.717) is 12.3 Å². The first-order valence-electron chi connectivity index (χ1n) is 7.04. The number of nitrogens with zero attached hydrogens (tertiary/aromatic N) is 1. The Kier molecular flexibility index (Phi) is 6.60. The number of hydrogen-bond acceptors (Lipinski definition) is 4. The second-order valence-electron chi connectivity index (χ2n) is 5.59. The molecule has 4 nitrogen and oxygen atoms in total. The number of nitrogens with one attached hydrogen (secondary N) is 1. The second kappa shape index (κ2) is 7.46. The molecule has 0 atom stereocenters. The van der Waals surface area contributed by atoms with E-state index in [4.69, 9.17) is 0 Å². The van der Waals surface area contributed by atoms with Gasteiger partial charge in [-0.25, -0.2) is 8.42 Å². The van der Waals surface area contributed by atoms with Crippen LogP contribution in [0.1, 0.15) is 33.1 Å². The average molecular weight is 276 g/mol. The predicted octanol–water partition coefficient (Wildman–Crippen LogP) is 1.13. The Bertz CT molecular complexity index is 320. The summed E-state index contributed by atoms with van der Waals surface area (Å²) in [6.45, 7) is 7.44. The molecule has 0 aromatic heterocycles. The molecule has 0 radical (unpaired) electrons. The molecule has 1 fully saturated rings. The first-order chi connectivity index (χ1) is 8.45. The molecule has 108 valence electrons. The Morgan fingerprint density at radius 2 is 1.89 bits per heavy atom. The van der Waals surface area contributed by atoms with Crippen molar-refractivity contribution in [2.45, 2.75) is 38.4 Å². The van der Waals surface area contributed by atoms with E-state index in [1.54, 1.807) is 13.8 Å². The lowest BCUT2D eigenvalue weighted by Crippen LogP contribution is -2.38. The molecule has 0 unspecified atom stereocenters. The minimum atomic E-state index is -2.88. The Labute approximate surface area is 112 Å². The lowest BCUT2D eigenvalue weighted by Gasteiger charge is -2.32. The molecule has 0 aliphatic carbocycles. The molecule has 1 saturated heterocycles. The summed E-state index contributed by atoms with van der Waals surface area (Å²) >= 11 is 0. The lowest BCUT2D eigenvalue weighted by atomic mass is 9.94. The zero-order chi connectivity index (χ0) is 13.6. The van der Waals surface area contributed by atoms with E-state index < -0.39 is 9.84 Å². The van der Waals surface area contributed by atoms with Crippen LogP contribution in [0, 0.1) is 5.92 Å². The fourth-order valence-corrected chi connectivity index (χ4v) is 3.32. The Morgan fingerprint density at radius 3 is 2.39 bits per heavy atom. The summed E-state index contributed by atoms with van der Waals surface area (Å²) < 4.78 is 23.5. The van der Waals surface area contributed by atoms with Crippen LogP contribution in [0.3, 0.4) is 0 Å². The summed E-state index contributed by atoms with van der Waals surface area (Å²) in [7, 11) is -0.885. The van der Waals surface area contributed by atoms with Crippen LogP contribution in [0.2, 0.25) is 0 Å². The molecule has 1 rings (SSSR count). The van der Waals surface area contributed by atoms with Crippen molar-refractivity contribution in [3.8, 4) is 0 Å².